The van der Waals surface area contributed by atoms with Crippen LogP contribution in [0.2, 0.25) is 5.02 Å². The topological polar surface area (TPSA) is 0 Å². The Balaban J connectivity index is 2.13. The molecule has 0 N–H and O–H groups in total. The van der Waals surface area contributed by atoms with Crippen molar-refractivity contribution in [3.63, 3.8) is 0 Å². The third-order valence-electron chi connectivity index (χ3n) is 3.02. The van der Waals surface area contributed by atoms with Gasteiger partial charge in [-0.3, -0.25) is 0 Å². The van der Waals surface area contributed by atoms with E-state index in [1.54, 1.807) is 0 Å². The molecule has 0 saturated heterocycles. The van der Waals surface area contributed by atoms with Gasteiger partial charge in [0.25, 0.3) is 0 Å². The fourth-order valence-corrected chi connectivity index (χ4v) is 3.93. The van der Waals surface area contributed by atoms with Crippen LogP contribution in [0, 0.1) is 0 Å². The Morgan fingerprint density at radius 3 is 2.76 bits per heavy atom. The molecular weight excluding hydrogens is 316 g/mol. The lowest BCUT2D eigenvalue weighted by molar-refractivity contribution is 1.12. The molecular formula is C14H10BrClS. The normalized spacial score (nSPS) is 13.8. The van der Waals surface area contributed by atoms with Gasteiger partial charge in [-0.2, -0.15) is 0 Å². The van der Waals surface area contributed by atoms with Gasteiger partial charge < -0.3 is 0 Å². The fraction of sp³-hybridized carbons (Fsp3) is 0.143. The van der Waals surface area contributed by atoms with Crippen molar-refractivity contribution >= 4 is 39.3 Å². The van der Waals surface area contributed by atoms with E-state index in [4.69, 9.17) is 11.6 Å². The molecule has 0 unspecified atom stereocenters. The first-order valence-electron chi connectivity index (χ1n) is 5.42. The molecule has 0 spiro atoms. The lowest BCUT2D eigenvalue weighted by Gasteiger charge is -2.08. The standard InChI is InChI=1S/C14H10BrClS/c15-12-6-5-9-7-10-3-1-2-4-13(10)17-8-11(9)14(12)16/h1-6H,7-8H2. The lowest BCUT2D eigenvalue weighted by Crippen LogP contribution is -1.93. The van der Waals surface area contributed by atoms with Gasteiger partial charge in [0.15, 0.2) is 0 Å². The zero-order valence-electron chi connectivity index (χ0n) is 9.04. The highest BCUT2D eigenvalue weighted by Gasteiger charge is 2.16. The molecule has 1 aliphatic heterocycles. The molecule has 0 nitrogen and oxygen atoms in total. The Bertz CT molecular complexity index is 580. The number of benzene rings is 2. The Kier molecular flexibility index (Phi) is 3.20. The van der Waals surface area contributed by atoms with E-state index in [2.05, 4.69) is 46.3 Å². The summed E-state index contributed by atoms with van der Waals surface area (Å²) >= 11 is 11.7. The minimum atomic E-state index is 0.864. The van der Waals surface area contributed by atoms with Crippen molar-refractivity contribution in [3.8, 4) is 0 Å². The summed E-state index contributed by atoms with van der Waals surface area (Å²) in [6, 6.07) is 12.8. The second-order valence-electron chi connectivity index (χ2n) is 4.07. The predicted molar refractivity (Wildman–Crippen MR) is 78.0 cm³/mol. The Morgan fingerprint density at radius 1 is 1.06 bits per heavy atom. The molecule has 2 aromatic rings. The van der Waals surface area contributed by atoms with Crippen LogP contribution in [-0.4, -0.2) is 0 Å². The maximum atomic E-state index is 6.37. The van der Waals surface area contributed by atoms with Crippen LogP contribution >= 0.6 is 39.3 Å². The van der Waals surface area contributed by atoms with E-state index < -0.39 is 0 Å². The van der Waals surface area contributed by atoms with Crippen LogP contribution in [0.25, 0.3) is 0 Å². The van der Waals surface area contributed by atoms with E-state index >= 15 is 0 Å². The van der Waals surface area contributed by atoms with Crippen molar-refractivity contribution in [2.24, 2.45) is 0 Å². The summed E-state index contributed by atoms with van der Waals surface area (Å²) in [6.07, 6.45) is 0.978. The van der Waals surface area contributed by atoms with Crippen molar-refractivity contribution in [3.05, 3.63) is 62.6 Å². The molecule has 17 heavy (non-hydrogen) atoms. The van der Waals surface area contributed by atoms with Crippen LogP contribution < -0.4 is 0 Å². The molecule has 3 heteroatoms. The molecule has 0 bridgehead atoms. The van der Waals surface area contributed by atoms with Crippen LogP contribution in [0.5, 0.6) is 0 Å². The molecule has 0 saturated carbocycles. The number of thioether (sulfide) groups is 1. The number of fused-ring (bicyclic) bond motifs is 2. The van der Waals surface area contributed by atoms with Crippen molar-refractivity contribution in [2.75, 3.05) is 0 Å². The monoisotopic (exact) mass is 324 g/mol. The van der Waals surface area contributed by atoms with Gasteiger partial charge in [-0.15, -0.1) is 11.8 Å². The van der Waals surface area contributed by atoms with Crippen molar-refractivity contribution in [2.45, 2.75) is 17.1 Å². The van der Waals surface area contributed by atoms with Crippen LogP contribution in [0.4, 0.5) is 0 Å². The minimum absolute atomic E-state index is 0.864. The summed E-state index contributed by atoms with van der Waals surface area (Å²) in [5, 5.41) is 0.864. The van der Waals surface area contributed by atoms with Gasteiger partial charge in [-0.05, 0) is 51.2 Å². The first kappa shape index (κ1) is 11.6. The summed E-state index contributed by atoms with van der Waals surface area (Å²) in [4.78, 5) is 1.37. The molecule has 0 radical (unpaired) electrons. The number of halogens is 2. The number of rotatable bonds is 0. The summed E-state index contributed by atoms with van der Waals surface area (Å²) < 4.78 is 0.990. The lowest BCUT2D eigenvalue weighted by atomic mass is 10.0. The third-order valence-corrected chi connectivity index (χ3v) is 5.48. The second-order valence-corrected chi connectivity index (χ2v) is 6.32. The van der Waals surface area contributed by atoms with Gasteiger partial charge in [-0.1, -0.05) is 35.9 Å². The summed E-state index contributed by atoms with van der Waals surface area (Å²) in [5.41, 5.74) is 4.01. The zero-order chi connectivity index (χ0) is 11.8. The first-order chi connectivity index (χ1) is 8.25. The van der Waals surface area contributed by atoms with Gasteiger partial charge in [0.1, 0.15) is 0 Å². The van der Waals surface area contributed by atoms with Crippen LogP contribution in [-0.2, 0) is 12.2 Å². The number of hydrogen-bond donors (Lipinski definition) is 0. The molecule has 2 aromatic carbocycles. The van der Waals surface area contributed by atoms with E-state index in [0.717, 1.165) is 21.7 Å². The first-order valence-corrected chi connectivity index (χ1v) is 7.58. The Labute approximate surface area is 119 Å². The maximum absolute atomic E-state index is 6.37. The summed E-state index contributed by atoms with van der Waals surface area (Å²) in [6.45, 7) is 0. The molecule has 0 fully saturated rings. The molecule has 1 aliphatic rings. The Hall–Kier alpha value is -0.440. The molecule has 0 atom stereocenters. The van der Waals surface area contributed by atoms with Crippen molar-refractivity contribution in [1.29, 1.82) is 0 Å². The van der Waals surface area contributed by atoms with E-state index in [1.165, 1.54) is 21.6 Å². The third kappa shape index (κ3) is 2.14. The smallest absolute Gasteiger partial charge is 0.0591 e. The van der Waals surface area contributed by atoms with Crippen molar-refractivity contribution < 1.29 is 0 Å². The van der Waals surface area contributed by atoms with Crippen LogP contribution in [0.3, 0.4) is 0 Å². The van der Waals surface area contributed by atoms with Gasteiger partial charge in [0, 0.05) is 15.1 Å². The highest BCUT2D eigenvalue weighted by Crippen LogP contribution is 2.38. The molecule has 0 aliphatic carbocycles. The minimum Gasteiger partial charge on any atom is -0.121 e. The fourth-order valence-electron chi connectivity index (χ4n) is 2.10. The maximum Gasteiger partial charge on any atom is 0.0591 e. The SMILES string of the molecule is Clc1c(Br)ccc2c1CSc1ccccc1C2. The zero-order valence-corrected chi connectivity index (χ0v) is 12.2. The van der Waals surface area contributed by atoms with Gasteiger partial charge in [0.05, 0.1) is 5.02 Å². The van der Waals surface area contributed by atoms with Gasteiger partial charge in [-0.25, -0.2) is 0 Å². The predicted octanol–water partition coefficient (Wildman–Crippen LogP) is 5.30. The number of hydrogen-bond acceptors (Lipinski definition) is 1. The molecule has 0 aromatic heterocycles. The van der Waals surface area contributed by atoms with Crippen LogP contribution in [0.1, 0.15) is 16.7 Å². The average molecular weight is 326 g/mol. The average Bonchev–Trinajstić information content (AvgIpc) is 2.53. The van der Waals surface area contributed by atoms with E-state index in [-0.39, 0.29) is 0 Å². The van der Waals surface area contributed by atoms with E-state index in [0.29, 0.717) is 0 Å². The Morgan fingerprint density at radius 2 is 1.88 bits per heavy atom. The highest BCUT2D eigenvalue weighted by molar-refractivity contribution is 9.10. The summed E-state index contributed by atoms with van der Waals surface area (Å²) in [7, 11) is 0. The van der Waals surface area contributed by atoms with E-state index in [1.807, 2.05) is 17.8 Å². The molecule has 1 heterocycles. The summed E-state index contributed by atoms with van der Waals surface area (Å²) in [5.74, 6) is 0.949. The molecule has 0 amide bonds. The second kappa shape index (κ2) is 4.68. The van der Waals surface area contributed by atoms with Crippen LogP contribution in [0.15, 0.2) is 45.8 Å². The van der Waals surface area contributed by atoms with Gasteiger partial charge >= 0.3 is 0 Å². The molecule has 86 valence electrons. The largest absolute Gasteiger partial charge is 0.121 e. The quantitative estimate of drug-likeness (QED) is 0.633. The molecule has 3 rings (SSSR count). The highest BCUT2D eigenvalue weighted by atomic mass is 79.9. The van der Waals surface area contributed by atoms with Crippen molar-refractivity contribution in [1.82, 2.24) is 0 Å². The van der Waals surface area contributed by atoms with E-state index in [9.17, 15) is 0 Å². The van der Waals surface area contributed by atoms with Gasteiger partial charge in [0.2, 0.25) is 0 Å².